The maximum atomic E-state index is 12.1. The fourth-order valence-corrected chi connectivity index (χ4v) is 1.57. The molecule has 1 amide bonds. The van der Waals surface area contributed by atoms with Crippen LogP contribution in [0.4, 0.5) is 0 Å². The summed E-state index contributed by atoms with van der Waals surface area (Å²) in [7, 11) is 3.28. The zero-order chi connectivity index (χ0) is 13.4. The molecule has 0 aliphatic carbocycles. The Morgan fingerprint density at radius 1 is 1.59 bits per heavy atom. The van der Waals surface area contributed by atoms with Crippen molar-refractivity contribution in [3.8, 4) is 0 Å². The van der Waals surface area contributed by atoms with Crippen LogP contribution in [0.5, 0.6) is 0 Å². The number of methoxy groups -OCH3 is 1. The van der Waals surface area contributed by atoms with Gasteiger partial charge in [0.1, 0.15) is 0 Å². The molecule has 0 aliphatic heterocycles. The third kappa shape index (κ3) is 5.04. The number of amidine groups is 1. The average molecular weight is 245 g/mol. The standard InChI is InChI=1S/C11H23N3O3/c1-5-6-9(10(12)13-16)11(15)14(3)7-8(2)17-4/h8-9,16H,5-7H2,1-4H3,(H2,12,13). The van der Waals surface area contributed by atoms with Gasteiger partial charge in [-0.05, 0) is 13.3 Å². The number of nitrogens with two attached hydrogens (primary N) is 1. The number of carbonyl (C=O) groups excluding carboxylic acids is 1. The van der Waals surface area contributed by atoms with Crippen LogP contribution in [0, 0.1) is 5.92 Å². The highest BCUT2D eigenvalue weighted by molar-refractivity contribution is 6.01. The van der Waals surface area contributed by atoms with Crippen LogP contribution in [0.25, 0.3) is 0 Å². The number of nitrogens with zero attached hydrogens (tertiary/aromatic N) is 2. The van der Waals surface area contributed by atoms with Crippen LogP contribution in [0.15, 0.2) is 5.16 Å². The molecule has 2 atom stereocenters. The first kappa shape index (κ1) is 15.7. The van der Waals surface area contributed by atoms with Crippen molar-refractivity contribution in [2.75, 3.05) is 20.7 Å². The highest BCUT2D eigenvalue weighted by atomic mass is 16.5. The second kappa shape index (κ2) is 7.89. The van der Waals surface area contributed by atoms with Gasteiger partial charge in [-0.15, -0.1) is 0 Å². The SMILES string of the molecule is CCCC(C(=O)N(C)CC(C)OC)C(N)=NO. The monoisotopic (exact) mass is 245 g/mol. The van der Waals surface area contributed by atoms with Crippen LogP contribution in [-0.2, 0) is 9.53 Å². The molecular weight excluding hydrogens is 222 g/mol. The smallest absolute Gasteiger partial charge is 0.233 e. The van der Waals surface area contributed by atoms with Crippen LogP contribution in [0.2, 0.25) is 0 Å². The van der Waals surface area contributed by atoms with Gasteiger partial charge >= 0.3 is 0 Å². The van der Waals surface area contributed by atoms with Gasteiger partial charge in [0.25, 0.3) is 0 Å². The Hall–Kier alpha value is -1.30. The van der Waals surface area contributed by atoms with Crippen molar-refractivity contribution < 1.29 is 14.7 Å². The van der Waals surface area contributed by atoms with Gasteiger partial charge in [0.2, 0.25) is 5.91 Å². The van der Waals surface area contributed by atoms with E-state index in [-0.39, 0.29) is 17.8 Å². The van der Waals surface area contributed by atoms with Gasteiger partial charge in [0.15, 0.2) is 5.84 Å². The molecule has 6 heteroatoms. The summed E-state index contributed by atoms with van der Waals surface area (Å²) in [5, 5.41) is 11.6. The number of rotatable bonds is 7. The molecule has 2 unspecified atom stereocenters. The largest absolute Gasteiger partial charge is 0.409 e. The highest BCUT2D eigenvalue weighted by Gasteiger charge is 2.26. The van der Waals surface area contributed by atoms with Gasteiger partial charge in [-0.1, -0.05) is 18.5 Å². The van der Waals surface area contributed by atoms with Crippen molar-refractivity contribution >= 4 is 11.7 Å². The number of hydrogen-bond acceptors (Lipinski definition) is 4. The molecule has 0 fully saturated rings. The molecule has 0 saturated carbocycles. The highest BCUT2D eigenvalue weighted by Crippen LogP contribution is 2.11. The topological polar surface area (TPSA) is 88.2 Å². The summed E-state index contributed by atoms with van der Waals surface area (Å²) in [6, 6.07) is 0. The zero-order valence-electron chi connectivity index (χ0n) is 11.0. The first-order valence-corrected chi connectivity index (χ1v) is 5.73. The number of carbonyl (C=O) groups is 1. The molecule has 0 aromatic carbocycles. The fraction of sp³-hybridized carbons (Fsp3) is 0.818. The Morgan fingerprint density at radius 2 is 2.18 bits per heavy atom. The lowest BCUT2D eigenvalue weighted by atomic mass is 10.0. The lowest BCUT2D eigenvalue weighted by Gasteiger charge is -2.25. The van der Waals surface area contributed by atoms with Crippen molar-refractivity contribution in [2.24, 2.45) is 16.8 Å². The van der Waals surface area contributed by atoms with Crippen LogP contribution < -0.4 is 5.73 Å². The second-order valence-corrected chi connectivity index (χ2v) is 4.13. The van der Waals surface area contributed by atoms with Crippen molar-refractivity contribution in [1.29, 1.82) is 0 Å². The normalized spacial score (nSPS) is 15.4. The molecule has 100 valence electrons. The molecule has 17 heavy (non-hydrogen) atoms. The summed E-state index contributed by atoms with van der Waals surface area (Å²) in [5.41, 5.74) is 5.53. The van der Waals surface area contributed by atoms with E-state index in [2.05, 4.69) is 5.16 Å². The van der Waals surface area contributed by atoms with E-state index in [0.717, 1.165) is 6.42 Å². The maximum absolute atomic E-state index is 12.1. The summed E-state index contributed by atoms with van der Waals surface area (Å²) in [4.78, 5) is 13.6. The minimum atomic E-state index is -0.556. The molecule has 0 heterocycles. The Balaban J connectivity index is 4.60. The van der Waals surface area contributed by atoms with Gasteiger partial charge in [-0.3, -0.25) is 4.79 Å². The molecule has 0 aromatic heterocycles. The average Bonchev–Trinajstić information content (AvgIpc) is 2.33. The van der Waals surface area contributed by atoms with Gasteiger partial charge in [-0.2, -0.15) is 0 Å². The summed E-state index contributed by atoms with van der Waals surface area (Å²) >= 11 is 0. The predicted octanol–water partition coefficient (Wildman–Crippen LogP) is 0.642. The van der Waals surface area contributed by atoms with Crippen molar-refractivity contribution in [2.45, 2.75) is 32.8 Å². The molecular formula is C11H23N3O3. The quantitative estimate of drug-likeness (QED) is 0.298. The third-order valence-corrected chi connectivity index (χ3v) is 2.66. The number of oxime groups is 1. The van der Waals surface area contributed by atoms with Crippen LogP contribution in [0.3, 0.4) is 0 Å². The zero-order valence-corrected chi connectivity index (χ0v) is 11.0. The number of amides is 1. The Kier molecular flexibility index (Phi) is 7.29. The van der Waals surface area contributed by atoms with Gasteiger partial charge in [0, 0.05) is 20.7 Å². The van der Waals surface area contributed by atoms with Crippen LogP contribution in [-0.4, -0.2) is 48.7 Å². The molecule has 0 saturated heterocycles. The van der Waals surface area contributed by atoms with E-state index in [1.54, 1.807) is 19.1 Å². The molecule has 0 radical (unpaired) electrons. The fourth-order valence-electron chi connectivity index (χ4n) is 1.57. The maximum Gasteiger partial charge on any atom is 0.233 e. The Morgan fingerprint density at radius 3 is 2.59 bits per heavy atom. The summed E-state index contributed by atoms with van der Waals surface area (Å²) < 4.78 is 5.09. The van der Waals surface area contributed by atoms with Crippen molar-refractivity contribution in [3.63, 3.8) is 0 Å². The second-order valence-electron chi connectivity index (χ2n) is 4.13. The van der Waals surface area contributed by atoms with E-state index in [1.807, 2.05) is 13.8 Å². The van der Waals surface area contributed by atoms with Gasteiger partial charge < -0.3 is 20.6 Å². The summed E-state index contributed by atoms with van der Waals surface area (Å²) in [6.45, 7) is 4.30. The van der Waals surface area contributed by atoms with Crippen LogP contribution >= 0.6 is 0 Å². The molecule has 3 N–H and O–H groups in total. The van der Waals surface area contributed by atoms with Crippen molar-refractivity contribution in [3.05, 3.63) is 0 Å². The Labute approximate surface area is 102 Å². The number of ether oxygens (including phenoxy) is 1. The van der Waals surface area contributed by atoms with Crippen molar-refractivity contribution in [1.82, 2.24) is 4.90 Å². The molecule has 0 rings (SSSR count). The molecule has 6 nitrogen and oxygen atoms in total. The minimum absolute atomic E-state index is 0.0335. The molecule has 0 bridgehead atoms. The first-order valence-electron chi connectivity index (χ1n) is 5.73. The molecule has 0 aromatic rings. The van der Waals surface area contributed by atoms with Gasteiger partial charge in [-0.25, -0.2) is 0 Å². The van der Waals surface area contributed by atoms with E-state index >= 15 is 0 Å². The number of hydrogen-bond donors (Lipinski definition) is 2. The van der Waals surface area contributed by atoms with E-state index in [0.29, 0.717) is 13.0 Å². The third-order valence-electron chi connectivity index (χ3n) is 2.66. The Bertz CT molecular complexity index is 269. The van der Waals surface area contributed by atoms with E-state index in [9.17, 15) is 4.79 Å². The first-order chi connectivity index (χ1) is 7.97. The van der Waals surface area contributed by atoms with Gasteiger partial charge in [0.05, 0.1) is 12.0 Å². The van der Waals surface area contributed by atoms with E-state index in [4.69, 9.17) is 15.7 Å². The lowest BCUT2D eigenvalue weighted by Crippen LogP contribution is -2.42. The lowest BCUT2D eigenvalue weighted by molar-refractivity contribution is -0.133. The number of likely N-dealkylation sites (N-methyl/N-ethyl adjacent to an activating group) is 1. The molecule has 0 aliphatic rings. The predicted molar refractivity (Wildman–Crippen MR) is 65.9 cm³/mol. The molecule has 0 spiro atoms. The van der Waals surface area contributed by atoms with Crippen LogP contribution in [0.1, 0.15) is 26.7 Å². The summed E-state index contributed by atoms with van der Waals surface area (Å²) in [5.74, 6) is -0.737. The minimum Gasteiger partial charge on any atom is -0.409 e. The summed E-state index contributed by atoms with van der Waals surface area (Å²) in [6.07, 6.45) is 1.32. The van der Waals surface area contributed by atoms with E-state index in [1.165, 1.54) is 0 Å². The van der Waals surface area contributed by atoms with E-state index < -0.39 is 5.92 Å².